The maximum absolute atomic E-state index is 12.4. The fourth-order valence-electron chi connectivity index (χ4n) is 1.57. The number of nitrogens with zero attached hydrogens (tertiary/aromatic N) is 1. The van der Waals surface area contributed by atoms with Crippen molar-refractivity contribution in [2.75, 3.05) is 6.61 Å². The molecule has 0 aromatic heterocycles. The molecule has 0 heterocycles. The van der Waals surface area contributed by atoms with Gasteiger partial charge in [0.25, 0.3) is 0 Å². The van der Waals surface area contributed by atoms with Gasteiger partial charge in [-0.05, 0) is 25.0 Å². The molecule has 1 aromatic carbocycles. The first-order chi connectivity index (χ1) is 9.10. The summed E-state index contributed by atoms with van der Waals surface area (Å²) in [6, 6.07) is 6.34. The van der Waals surface area contributed by atoms with Crippen LogP contribution < -0.4 is 4.74 Å². The Hall–Kier alpha value is -2.16. The van der Waals surface area contributed by atoms with Gasteiger partial charge in [0.05, 0.1) is 12.7 Å². The Balaban J connectivity index is 3.14. The average Bonchev–Trinajstić information content (AvgIpc) is 2.37. The van der Waals surface area contributed by atoms with Crippen LogP contribution in [-0.4, -0.2) is 19.2 Å². The number of alkyl halides is 2. The van der Waals surface area contributed by atoms with Crippen molar-refractivity contribution in [1.29, 1.82) is 5.26 Å². The minimum atomic E-state index is -3.04. The van der Waals surface area contributed by atoms with Crippen molar-refractivity contribution in [1.82, 2.24) is 0 Å². The number of ether oxygens (including phenoxy) is 2. The highest BCUT2D eigenvalue weighted by Crippen LogP contribution is 2.27. The largest absolute Gasteiger partial charge is 0.462 e. The van der Waals surface area contributed by atoms with Gasteiger partial charge >= 0.3 is 12.6 Å². The molecule has 1 aromatic rings. The van der Waals surface area contributed by atoms with E-state index in [-0.39, 0.29) is 30.8 Å². The van der Waals surface area contributed by atoms with Gasteiger partial charge < -0.3 is 9.47 Å². The van der Waals surface area contributed by atoms with Crippen LogP contribution in [0.4, 0.5) is 8.78 Å². The fourth-order valence-corrected chi connectivity index (χ4v) is 1.57. The zero-order valence-corrected chi connectivity index (χ0v) is 10.4. The van der Waals surface area contributed by atoms with Crippen LogP contribution in [0.2, 0.25) is 0 Å². The van der Waals surface area contributed by atoms with Crippen LogP contribution >= 0.6 is 0 Å². The van der Waals surface area contributed by atoms with E-state index in [1.807, 2.05) is 6.07 Å². The van der Waals surface area contributed by atoms with Crippen molar-refractivity contribution in [3.8, 4) is 11.8 Å². The van der Waals surface area contributed by atoms with Gasteiger partial charge in [-0.3, -0.25) is 0 Å². The molecule has 0 aliphatic rings. The number of carbonyl (C=O) groups is 1. The molecule has 0 saturated heterocycles. The second-order valence-electron chi connectivity index (χ2n) is 3.55. The number of nitriles is 1. The molecule has 0 aliphatic carbocycles. The Morgan fingerprint density at radius 3 is 2.79 bits per heavy atom. The predicted molar refractivity (Wildman–Crippen MR) is 63.0 cm³/mol. The Bertz CT molecular complexity index is 483. The van der Waals surface area contributed by atoms with Crippen molar-refractivity contribution in [2.24, 2.45) is 0 Å². The molecule has 0 N–H and O–H groups in total. The maximum atomic E-state index is 12.4. The van der Waals surface area contributed by atoms with Gasteiger partial charge in [-0.2, -0.15) is 14.0 Å². The third-order valence-corrected chi connectivity index (χ3v) is 2.31. The van der Waals surface area contributed by atoms with Crippen molar-refractivity contribution in [3.63, 3.8) is 0 Å². The van der Waals surface area contributed by atoms with Gasteiger partial charge in [0.2, 0.25) is 0 Å². The Kier molecular flexibility index (Phi) is 5.73. The summed E-state index contributed by atoms with van der Waals surface area (Å²) in [4.78, 5) is 11.7. The number of esters is 1. The molecule has 0 spiro atoms. The minimum absolute atomic E-state index is 0.0578. The molecule has 6 heteroatoms. The van der Waals surface area contributed by atoms with Gasteiger partial charge in [0, 0.05) is 6.42 Å². The van der Waals surface area contributed by atoms with E-state index in [0.29, 0.717) is 5.56 Å². The quantitative estimate of drug-likeness (QED) is 0.745. The van der Waals surface area contributed by atoms with E-state index in [4.69, 9.17) is 10.00 Å². The molecule has 0 fully saturated rings. The first-order valence-electron chi connectivity index (χ1n) is 5.71. The summed E-state index contributed by atoms with van der Waals surface area (Å²) >= 11 is 0. The van der Waals surface area contributed by atoms with E-state index < -0.39 is 12.6 Å². The van der Waals surface area contributed by atoms with Crippen LogP contribution in [0.3, 0.4) is 0 Å². The SMILES string of the molecule is CCOC(=O)c1cccc(CCC#N)c1OC(F)F. The zero-order chi connectivity index (χ0) is 14.3. The lowest BCUT2D eigenvalue weighted by atomic mass is 10.0. The predicted octanol–water partition coefficient (Wildman–Crippen LogP) is 2.92. The number of halogens is 2. The number of rotatable bonds is 6. The summed E-state index contributed by atoms with van der Waals surface area (Å²) in [5.74, 6) is -0.942. The maximum Gasteiger partial charge on any atom is 0.387 e. The van der Waals surface area contributed by atoms with E-state index in [1.54, 1.807) is 6.92 Å². The summed E-state index contributed by atoms with van der Waals surface area (Å²) in [7, 11) is 0. The highest BCUT2D eigenvalue weighted by Gasteiger charge is 2.20. The second-order valence-corrected chi connectivity index (χ2v) is 3.55. The molecule has 0 amide bonds. The summed E-state index contributed by atoms with van der Waals surface area (Å²) in [6.45, 7) is -1.29. The Morgan fingerprint density at radius 2 is 2.21 bits per heavy atom. The molecule has 102 valence electrons. The van der Waals surface area contributed by atoms with E-state index >= 15 is 0 Å². The van der Waals surface area contributed by atoms with Crippen LogP contribution in [0.5, 0.6) is 5.75 Å². The van der Waals surface area contributed by atoms with Gasteiger partial charge in [-0.15, -0.1) is 0 Å². The highest BCUT2D eigenvalue weighted by molar-refractivity contribution is 5.93. The topological polar surface area (TPSA) is 59.3 Å². The standard InChI is InChI=1S/C13H13F2NO3/c1-2-18-12(17)10-7-3-5-9(6-4-8-16)11(10)19-13(14)15/h3,5,7,13H,2,4,6H2,1H3. The van der Waals surface area contributed by atoms with Crippen molar-refractivity contribution in [3.05, 3.63) is 29.3 Å². The summed E-state index contributed by atoms with van der Waals surface area (Å²) in [5.41, 5.74) is 0.324. The first kappa shape index (κ1) is 14.9. The molecule has 0 aliphatic heterocycles. The molecule has 0 atom stereocenters. The molecule has 4 nitrogen and oxygen atoms in total. The lowest BCUT2D eigenvalue weighted by Gasteiger charge is -2.13. The molecule has 0 bridgehead atoms. The van der Waals surface area contributed by atoms with Crippen molar-refractivity contribution < 1.29 is 23.0 Å². The minimum Gasteiger partial charge on any atom is -0.462 e. The number of benzene rings is 1. The Morgan fingerprint density at radius 1 is 1.47 bits per heavy atom. The van der Waals surface area contributed by atoms with E-state index in [9.17, 15) is 13.6 Å². The lowest BCUT2D eigenvalue weighted by molar-refractivity contribution is -0.0510. The molecule has 1 rings (SSSR count). The number of hydrogen-bond donors (Lipinski definition) is 0. The number of aryl methyl sites for hydroxylation is 1. The highest BCUT2D eigenvalue weighted by atomic mass is 19.3. The monoisotopic (exact) mass is 269 g/mol. The molecular formula is C13H13F2NO3. The molecule has 0 radical (unpaired) electrons. The third-order valence-electron chi connectivity index (χ3n) is 2.31. The second kappa shape index (κ2) is 7.31. The van der Waals surface area contributed by atoms with Gasteiger partial charge in [-0.1, -0.05) is 12.1 Å². The molecule has 19 heavy (non-hydrogen) atoms. The first-order valence-corrected chi connectivity index (χ1v) is 5.71. The van der Waals surface area contributed by atoms with Gasteiger partial charge in [0.1, 0.15) is 11.3 Å². The fraction of sp³-hybridized carbons (Fsp3) is 0.385. The van der Waals surface area contributed by atoms with Gasteiger partial charge in [0.15, 0.2) is 0 Å². The smallest absolute Gasteiger partial charge is 0.387 e. The third kappa shape index (κ3) is 4.21. The molecular weight excluding hydrogens is 256 g/mol. The van der Waals surface area contributed by atoms with Crippen LogP contribution in [-0.2, 0) is 11.2 Å². The van der Waals surface area contributed by atoms with Gasteiger partial charge in [-0.25, -0.2) is 4.79 Å². The average molecular weight is 269 g/mol. The molecule has 0 unspecified atom stereocenters. The van der Waals surface area contributed by atoms with Crippen LogP contribution in [0.15, 0.2) is 18.2 Å². The van der Waals surface area contributed by atoms with E-state index in [0.717, 1.165) is 0 Å². The van der Waals surface area contributed by atoms with Crippen LogP contribution in [0.25, 0.3) is 0 Å². The summed E-state index contributed by atoms with van der Waals surface area (Å²) in [5, 5.41) is 8.53. The Labute approximate surface area is 109 Å². The summed E-state index contributed by atoms with van der Waals surface area (Å²) in [6.07, 6.45) is 0.373. The van der Waals surface area contributed by atoms with Crippen LogP contribution in [0, 0.1) is 11.3 Å². The summed E-state index contributed by atoms with van der Waals surface area (Å²) < 4.78 is 34.0. The van der Waals surface area contributed by atoms with Crippen molar-refractivity contribution >= 4 is 5.97 Å². The van der Waals surface area contributed by atoms with Crippen molar-refractivity contribution in [2.45, 2.75) is 26.4 Å². The number of hydrogen-bond acceptors (Lipinski definition) is 4. The lowest BCUT2D eigenvalue weighted by Crippen LogP contribution is -2.12. The van der Waals surface area contributed by atoms with Crippen LogP contribution in [0.1, 0.15) is 29.3 Å². The number of carbonyl (C=O) groups excluding carboxylic acids is 1. The number of para-hydroxylation sites is 1. The van der Waals surface area contributed by atoms with E-state index in [2.05, 4.69) is 4.74 Å². The zero-order valence-electron chi connectivity index (χ0n) is 10.4. The molecule has 0 saturated carbocycles. The van der Waals surface area contributed by atoms with E-state index in [1.165, 1.54) is 18.2 Å². The normalized spacial score (nSPS) is 10.1.